The van der Waals surface area contributed by atoms with Gasteiger partial charge in [0.2, 0.25) is 0 Å². The SMILES string of the molecule is CN(C)C(=O)c1cccc(NC2CCCN(Cc3ccccc3F)C2)n1. The molecule has 1 unspecified atom stereocenters. The van der Waals surface area contributed by atoms with Crippen LogP contribution < -0.4 is 5.32 Å². The highest BCUT2D eigenvalue weighted by Gasteiger charge is 2.21. The van der Waals surface area contributed by atoms with Gasteiger partial charge in [-0.2, -0.15) is 0 Å². The van der Waals surface area contributed by atoms with Gasteiger partial charge in [0.15, 0.2) is 0 Å². The monoisotopic (exact) mass is 356 g/mol. The number of likely N-dealkylation sites (tertiary alicyclic amines) is 1. The standard InChI is InChI=1S/C20H25FN4O/c1-24(2)20(26)18-10-5-11-19(23-18)22-16-8-6-12-25(14-16)13-15-7-3-4-9-17(15)21/h3-5,7,9-11,16H,6,8,12-14H2,1-2H3,(H,22,23). The molecule has 1 saturated heterocycles. The van der Waals surface area contributed by atoms with Gasteiger partial charge in [0, 0.05) is 38.8 Å². The minimum absolute atomic E-state index is 0.113. The molecular formula is C20H25FN4O. The van der Waals surface area contributed by atoms with Crippen molar-refractivity contribution in [1.29, 1.82) is 0 Å². The molecule has 1 N–H and O–H groups in total. The first-order valence-electron chi connectivity index (χ1n) is 8.94. The summed E-state index contributed by atoms with van der Waals surface area (Å²) in [5.41, 5.74) is 1.16. The Kier molecular flexibility index (Phi) is 5.83. The maximum Gasteiger partial charge on any atom is 0.272 e. The van der Waals surface area contributed by atoms with Gasteiger partial charge >= 0.3 is 0 Å². The van der Waals surface area contributed by atoms with Crippen molar-refractivity contribution in [1.82, 2.24) is 14.8 Å². The molecule has 1 atom stereocenters. The fourth-order valence-corrected chi connectivity index (χ4v) is 3.26. The molecule has 1 aromatic heterocycles. The molecule has 26 heavy (non-hydrogen) atoms. The number of amides is 1. The molecule has 1 aromatic carbocycles. The number of hydrogen-bond acceptors (Lipinski definition) is 4. The van der Waals surface area contributed by atoms with Crippen molar-refractivity contribution in [2.24, 2.45) is 0 Å². The maximum absolute atomic E-state index is 13.9. The molecule has 1 aliphatic heterocycles. The summed E-state index contributed by atoms with van der Waals surface area (Å²) in [7, 11) is 3.43. The third-order valence-corrected chi connectivity index (χ3v) is 4.58. The topological polar surface area (TPSA) is 48.5 Å². The summed E-state index contributed by atoms with van der Waals surface area (Å²) < 4.78 is 13.9. The van der Waals surface area contributed by atoms with Crippen LogP contribution in [0.2, 0.25) is 0 Å². The molecule has 2 heterocycles. The number of pyridine rings is 1. The van der Waals surface area contributed by atoms with Crippen LogP contribution in [-0.4, -0.2) is 53.9 Å². The second-order valence-corrected chi connectivity index (χ2v) is 6.92. The summed E-state index contributed by atoms with van der Waals surface area (Å²) in [5.74, 6) is 0.438. The molecule has 1 aliphatic rings. The first-order valence-corrected chi connectivity index (χ1v) is 8.94. The Labute approximate surface area is 153 Å². The lowest BCUT2D eigenvalue weighted by atomic mass is 10.0. The number of anilines is 1. The Hall–Kier alpha value is -2.47. The van der Waals surface area contributed by atoms with Crippen LogP contribution in [0.5, 0.6) is 0 Å². The smallest absolute Gasteiger partial charge is 0.272 e. The summed E-state index contributed by atoms with van der Waals surface area (Å²) in [6.45, 7) is 2.39. The van der Waals surface area contributed by atoms with Gasteiger partial charge in [0.05, 0.1) is 0 Å². The minimum atomic E-state index is -0.154. The molecule has 2 aromatic rings. The Balaban J connectivity index is 1.63. The first-order chi connectivity index (χ1) is 12.5. The highest BCUT2D eigenvalue weighted by Crippen LogP contribution is 2.18. The third kappa shape index (κ3) is 4.58. The normalized spacial score (nSPS) is 17.7. The number of nitrogens with one attached hydrogen (secondary N) is 1. The number of carbonyl (C=O) groups is 1. The van der Waals surface area contributed by atoms with Crippen LogP contribution in [0.4, 0.5) is 10.2 Å². The lowest BCUT2D eigenvalue weighted by molar-refractivity contribution is 0.0822. The average Bonchev–Trinajstić information content (AvgIpc) is 2.63. The molecule has 6 heteroatoms. The summed E-state index contributed by atoms with van der Waals surface area (Å²) in [6.07, 6.45) is 2.07. The van der Waals surface area contributed by atoms with Crippen molar-refractivity contribution in [2.45, 2.75) is 25.4 Å². The van der Waals surface area contributed by atoms with Crippen LogP contribution in [-0.2, 0) is 6.54 Å². The number of halogens is 1. The molecule has 1 fully saturated rings. The van der Waals surface area contributed by atoms with Crippen LogP contribution in [0.25, 0.3) is 0 Å². The second kappa shape index (κ2) is 8.27. The number of nitrogens with zero attached hydrogens (tertiary/aromatic N) is 3. The molecule has 0 saturated carbocycles. The largest absolute Gasteiger partial charge is 0.366 e. The number of benzene rings is 1. The zero-order valence-corrected chi connectivity index (χ0v) is 15.3. The molecule has 0 aliphatic carbocycles. The van der Waals surface area contributed by atoms with Crippen molar-refractivity contribution < 1.29 is 9.18 Å². The summed E-state index contributed by atoms with van der Waals surface area (Å²) >= 11 is 0. The van der Waals surface area contributed by atoms with E-state index in [1.165, 1.54) is 11.0 Å². The summed E-state index contributed by atoms with van der Waals surface area (Å²) in [6, 6.07) is 12.6. The number of piperidine rings is 1. The molecule has 0 spiro atoms. The number of aromatic nitrogens is 1. The van der Waals surface area contributed by atoms with Crippen molar-refractivity contribution in [3.05, 3.63) is 59.5 Å². The van der Waals surface area contributed by atoms with E-state index in [0.717, 1.165) is 31.5 Å². The van der Waals surface area contributed by atoms with Gasteiger partial charge in [-0.3, -0.25) is 9.69 Å². The van der Waals surface area contributed by atoms with Crippen molar-refractivity contribution in [2.75, 3.05) is 32.5 Å². The van der Waals surface area contributed by atoms with Crippen LogP contribution in [0.1, 0.15) is 28.9 Å². The van der Waals surface area contributed by atoms with E-state index in [2.05, 4.69) is 15.2 Å². The van der Waals surface area contributed by atoms with Gasteiger partial charge in [-0.15, -0.1) is 0 Å². The van der Waals surface area contributed by atoms with Crippen LogP contribution in [0.3, 0.4) is 0 Å². The van der Waals surface area contributed by atoms with E-state index < -0.39 is 0 Å². The zero-order chi connectivity index (χ0) is 18.5. The quantitative estimate of drug-likeness (QED) is 0.895. The maximum atomic E-state index is 13.9. The first kappa shape index (κ1) is 18.3. The van der Waals surface area contributed by atoms with Crippen molar-refractivity contribution >= 4 is 11.7 Å². The highest BCUT2D eigenvalue weighted by atomic mass is 19.1. The molecule has 0 bridgehead atoms. The fraction of sp³-hybridized carbons (Fsp3) is 0.400. The van der Waals surface area contributed by atoms with E-state index in [0.29, 0.717) is 18.1 Å². The predicted molar refractivity (Wildman–Crippen MR) is 101 cm³/mol. The molecule has 5 nitrogen and oxygen atoms in total. The zero-order valence-electron chi connectivity index (χ0n) is 15.3. The second-order valence-electron chi connectivity index (χ2n) is 6.92. The van der Waals surface area contributed by atoms with E-state index in [-0.39, 0.29) is 17.8 Å². The molecule has 3 rings (SSSR count). The van der Waals surface area contributed by atoms with Crippen LogP contribution >= 0.6 is 0 Å². The van der Waals surface area contributed by atoms with E-state index in [1.807, 2.05) is 24.3 Å². The van der Waals surface area contributed by atoms with Crippen molar-refractivity contribution in [3.8, 4) is 0 Å². The van der Waals surface area contributed by atoms with E-state index in [1.54, 1.807) is 26.2 Å². The number of rotatable bonds is 5. The highest BCUT2D eigenvalue weighted by molar-refractivity contribution is 5.92. The van der Waals surface area contributed by atoms with Crippen LogP contribution in [0, 0.1) is 5.82 Å². The van der Waals surface area contributed by atoms with Gasteiger partial charge in [-0.05, 0) is 37.6 Å². The number of hydrogen-bond donors (Lipinski definition) is 1. The lowest BCUT2D eigenvalue weighted by Crippen LogP contribution is -2.42. The Morgan fingerprint density at radius 1 is 1.27 bits per heavy atom. The van der Waals surface area contributed by atoms with Gasteiger partial charge in [0.1, 0.15) is 17.3 Å². The summed E-state index contributed by atoms with van der Waals surface area (Å²) in [4.78, 5) is 20.3. The molecule has 1 amide bonds. The van der Waals surface area contributed by atoms with Crippen molar-refractivity contribution in [3.63, 3.8) is 0 Å². The van der Waals surface area contributed by atoms with Gasteiger partial charge < -0.3 is 10.2 Å². The third-order valence-electron chi connectivity index (χ3n) is 4.58. The van der Waals surface area contributed by atoms with Crippen LogP contribution in [0.15, 0.2) is 42.5 Å². The van der Waals surface area contributed by atoms with E-state index in [4.69, 9.17) is 0 Å². The molecular weight excluding hydrogens is 331 g/mol. The van der Waals surface area contributed by atoms with Gasteiger partial charge in [-0.25, -0.2) is 9.37 Å². The Morgan fingerprint density at radius 3 is 2.85 bits per heavy atom. The predicted octanol–water partition coefficient (Wildman–Crippen LogP) is 3.00. The van der Waals surface area contributed by atoms with Gasteiger partial charge in [-0.1, -0.05) is 24.3 Å². The molecule has 0 radical (unpaired) electrons. The fourth-order valence-electron chi connectivity index (χ4n) is 3.26. The van der Waals surface area contributed by atoms with E-state index in [9.17, 15) is 9.18 Å². The Morgan fingerprint density at radius 2 is 2.08 bits per heavy atom. The number of carbonyl (C=O) groups excluding carboxylic acids is 1. The average molecular weight is 356 g/mol. The van der Waals surface area contributed by atoms with Gasteiger partial charge in [0.25, 0.3) is 5.91 Å². The lowest BCUT2D eigenvalue weighted by Gasteiger charge is -2.33. The molecule has 138 valence electrons. The Bertz CT molecular complexity index is 765. The minimum Gasteiger partial charge on any atom is -0.366 e. The summed E-state index contributed by atoms with van der Waals surface area (Å²) in [5, 5.41) is 3.43. The van der Waals surface area contributed by atoms with E-state index >= 15 is 0 Å².